The zero-order valence-electron chi connectivity index (χ0n) is 19.8. The summed E-state index contributed by atoms with van der Waals surface area (Å²) >= 11 is 0. The quantitative estimate of drug-likeness (QED) is 0.159. The molecule has 2 atom stereocenters. The fourth-order valence-electron chi connectivity index (χ4n) is 4.10. The van der Waals surface area contributed by atoms with Crippen LogP contribution in [-0.4, -0.2) is 40.5 Å². The highest BCUT2D eigenvalue weighted by molar-refractivity contribution is 6.03. The van der Waals surface area contributed by atoms with Crippen LogP contribution in [0, 0.1) is 17.3 Å². The van der Waals surface area contributed by atoms with Crippen molar-refractivity contribution in [3.63, 3.8) is 0 Å². The molecule has 0 aromatic carbocycles. The minimum atomic E-state index is -1.22. The maximum absolute atomic E-state index is 13.1. The second-order valence-corrected chi connectivity index (χ2v) is 8.35. The molecule has 0 aliphatic heterocycles. The van der Waals surface area contributed by atoms with Crippen molar-refractivity contribution in [3.05, 3.63) is 0 Å². The predicted octanol–water partition coefficient (Wildman–Crippen LogP) is 5.25. The number of carbonyl (C=O) groups excluding carboxylic acids is 2. The van der Waals surface area contributed by atoms with Crippen LogP contribution in [0.5, 0.6) is 0 Å². The smallest absolute Gasteiger partial charge is 0.319 e. The Morgan fingerprint density at radius 2 is 1.23 bits per heavy atom. The number of unbranched alkanes of at least 4 members (excludes halogenated alkanes) is 2. The molecule has 0 aliphatic rings. The summed E-state index contributed by atoms with van der Waals surface area (Å²) < 4.78 is 5.30. The van der Waals surface area contributed by atoms with Gasteiger partial charge in [-0.3, -0.25) is 19.2 Å². The Morgan fingerprint density at radius 1 is 0.774 bits per heavy atom. The molecule has 180 valence electrons. The topological polar surface area (TPSA) is 118 Å². The van der Waals surface area contributed by atoms with Gasteiger partial charge in [0.1, 0.15) is 11.2 Å². The van der Waals surface area contributed by atoms with E-state index >= 15 is 0 Å². The van der Waals surface area contributed by atoms with Gasteiger partial charge in [-0.25, -0.2) is 0 Å². The van der Waals surface area contributed by atoms with Gasteiger partial charge < -0.3 is 14.9 Å². The Balaban J connectivity index is 5.30. The van der Waals surface area contributed by atoms with Crippen molar-refractivity contribution in [2.24, 2.45) is 17.3 Å². The molecular formula is C24H42O7. The number of ketones is 1. The Morgan fingerprint density at radius 3 is 1.55 bits per heavy atom. The van der Waals surface area contributed by atoms with E-state index in [1.165, 1.54) is 0 Å². The van der Waals surface area contributed by atoms with Crippen LogP contribution in [0.2, 0.25) is 0 Å². The lowest BCUT2D eigenvalue weighted by atomic mass is 9.72. The van der Waals surface area contributed by atoms with Crippen LogP contribution in [0.25, 0.3) is 0 Å². The fraction of sp³-hybridized carbons (Fsp3) is 0.833. The molecule has 0 rings (SSSR count). The van der Waals surface area contributed by atoms with E-state index in [9.17, 15) is 29.4 Å². The summed E-state index contributed by atoms with van der Waals surface area (Å²) in [6, 6.07) is 0. The molecule has 0 heterocycles. The maximum atomic E-state index is 13.1. The molecule has 0 spiro atoms. The number of esters is 1. The molecule has 2 N–H and O–H groups in total. The third-order valence-electron chi connectivity index (χ3n) is 6.17. The molecule has 7 heteroatoms. The second-order valence-electron chi connectivity index (χ2n) is 8.35. The number of hydrogen-bond donors (Lipinski definition) is 2. The van der Waals surface area contributed by atoms with E-state index < -0.39 is 35.2 Å². The van der Waals surface area contributed by atoms with E-state index in [4.69, 9.17) is 4.74 Å². The Kier molecular flexibility index (Phi) is 14.8. The lowest BCUT2D eigenvalue weighted by Crippen LogP contribution is -2.41. The number of carboxylic acid groups (broad SMARTS) is 2. The van der Waals surface area contributed by atoms with Crippen LogP contribution in [-0.2, 0) is 23.9 Å². The van der Waals surface area contributed by atoms with E-state index in [0.717, 1.165) is 0 Å². The molecule has 0 fully saturated rings. The SMILES string of the molecule is CCCC(=O)C(CCCCC(CC)C(=O)O)(CCCCC(CC)C(=O)O)C(=O)OCC. The molecule has 0 aliphatic carbocycles. The average molecular weight is 443 g/mol. The summed E-state index contributed by atoms with van der Waals surface area (Å²) in [7, 11) is 0. The molecular weight excluding hydrogens is 400 g/mol. The molecule has 0 bridgehead atoms. The van der Waals surface area contributed by atoms with E-state index in [2.05, 4.69) is 0 Å². The summed E-state index contributed by atoms with van der Waals surface area (Å²) in [5, 5.41) is 18.5. The van der Waals surface area contributed by atoms with Crippen LogP contribution in [0.3, 0.4) is 0 Å². The number of rotatable bonds is 19. The van der Waals surface area contributed by atoms with Crippen molar-refractivity contribution < 1.29 is 34.1 Å². The Bertz CT molecular complexity index is 520. The van der Waals surface area contributed by atoms with Gasteiger partial charge in [0.25, 0.3) is 0 Å². The number of carbonyl (C=O) groups is 4. The first-order valence-corrected chi connectivity index (χ1v) is 11.9. The van der Waals surface area contributed by atoms with Gasteiger partial charge in [0, 0.05) is 6.42 Å². The van der Waals surface area contributed by atoms with Crippen LogP contribution >= 0.6 is 0 Å². The second kappa shape index (κ2) is 15.8. The maximum Gasteiger partial charge on any atom is 0.319 e. The van der Waals surface area contributed by atoms with Crippen molar-refractivity contribution in [1.29, 1.82) is 0 Å². The highest BCUT2D eigenvalue weighted by Crippen LogP contribution is 2.37. The number of carboxylic acids is 2. The minimum Gasteiger partial charge on any atom is -0.481 e. The first-order chi connectivity index (χ1) is 14.7. The number of Topliss-reactive ketones (excluding diaryl/α,β-unsaturated/α-hetero) is 1. The molecule has 0 aromatic rings. The molecule has 2 unspecified atom stereocenters. The standard InChI is InChI=1S/C24H42O7/c1-5-13-20(25)24(23(30)31-8-4,16-11-9-14-18(6-2)21(26)27)17-12-10-15-19(7-3)22(28)29/h18-19H,5-17H2,1-4H3,(H,26,27)(H,28,29). The third kappa shape index (κ3) is 9.83. The van der Waals surface area contributed by atoms with Crippen molar-refractivity contribution >= 4 is 23.7 Å². The highest BCUT2D eigenvalue weighted by atomic mass is 16.5. The van der Waals surface area contributed by atoms with Crippen molar-refractivity contribution in [2.45, 2.75) is 105 Å². The molecule has 0 amide bonds. The first kappa shape index (κ1) is 29.1. The average Bonchev–Trinajstić information content (AvgIpc) is 2.71. The van der Waals surface area contributed by atoms with Gasteiger partial charge in [0.2, 0.25) is 0 Å². The highest BCUT2D eigenvalue weighted by Gasteiger charge is 2.45. The van der Waals surface area contributed by atoms with Crippen molar-refractivity contribution in [2.75, 3.05) is 6.61 Å². The summed E-state index contributed by atoms with van der Waals surface area (Å²) in [6.45, 7) is 7.48. The fourth-order valence-corrected chi connectivity index (χ4v) is 4.10. The first-order valence-electron chi connectivity index (χ1n) is 11.9. The van der Waals surface area contributed by atoms with E-state index in [-0.39, 0.29) is 18.8 Å². The monoisotopic (exact) mass is 442 g/mol. The van der Waals surface area contributed by atoms with Crippen molar-refractivity contribution in [3.8, 4) is 0 Å². The van der Waals surface area contributed by atoms with Crippen molar-refractivity contribution in [1.82, 2.24) is 0 Å². The summed E-state index contributed by atoms with van der Waals surface area (Å²) in [5.41, 5.74) is -1.22. The Labute approximate surface area is 186 Å². The van der Waals surface area contributed by atoms with Crippen LogP contribution in [0.1, 0.15) is 105 Å². The molecule has 0 saturated carbocycles. The zero-order valence-corrected chi connectivity index (χ0v) is 19.8. The molecule has 0 radical (unpaired) electrons. The number of aliphatic carboxylic acids is 2. The summed E-state index contributed by atoms with van der Waals surface area (Å²) in [4.78, 5) is 48.5. The lowest BCUT2D eigenvalue weighted by molar-refractivity contribution is -0.162. The number of hydrogen-bond acceptors (Lipinski definition) is 5. The van der Waals surface area contributed by atoms with E-state index in [1.54, 1.807) is 6.92 Å². The van der Waals surface area contributed by atoms with Gasteiger partial charge in [-0.2, -0.15) is 0 Å². The van der Waals surface area contributed by atoms with Gasteiger partial charge in [-0.1, -0.05) is 46.5 Å². The summed E-state index contributed by atoms with van der Waals surface area (Å²) in [5.74, 6) is -3.07. The minimum absolute atomic E-state index is 0.121. The molecule has 31 heavy (non-hydrogen) atoms. The largest absolute Gasteiger partial charge is 0.481 e. The number of ether oxygens (including phenoxy) is 1. The van der Waals surface area contributed by atoms with E-state index in [0.29, 0.717) is 70.6 Å². The Hall–Kier alpha value is -1.92. The van der Waals surface area contributed by atoms with Gasteiger partial charge >= 0.3 is 17.9 Å². The molecule has 0 aromatic heterocycles. The van der Waals surface area contributed by atoms with Gasteiger partial charge in [-0.05, 0) is 51.9 Å². The van der Waals surface area contributed by atoms with Gasteiger partial charge in [-0.15, -0.1) is 0 Å². The zero-order chi connectivity index (χ0) is 23.9. The summed E-state index contributed by atoms with van der Waals surface area (Å²) in [6.07, 6.45) is 6.15. The molecule has 7 nitrogen and oxygen atoms in total. The predicted molar refractivity (Wildman–Crippen MR) is 119 cm³/mol. The van der Waals surface area contributed by atoms with Crippen LogP contribution < -0.4 is 0 Å². The molecule has 0 saturated heterocycles. The van der Waals surface area contributed by atoms with Crippen LogP contribution in [0.15, 0.2) is 0 Å². The normalized spacial score (nSPS) is 15.0. The lowest BCUT2D eigenvalue weighted by Gasteiger charge is -2.30. The van der Waals surface area contributed by atoms with Gasteiger partial charge in [0.15, 0.2) is 0 Å². The van der Waals surface area contributed by atoms with Gasteiger partial charge in [0.05, 0.1) is 18.4 Å². The van der Waals surface area contributed by atoms with Crippen LogP contribution in [0.4, 0.5) is 0 Å². The third-order valence-corrected chi connectivity index (χ3v) is 6.17. The van der Waals surface area contributed by atoms with E-state index in [1.807, 2.05) is 20.8 Å².